The molecule has 0 amide bonds. The maximum atomic E-state index is 9.05. The van der Waals surface area contributed by atoms with Gasteiger partial charge in [0.2, 0.25) is 0 Å². The van der Waals surface area contributed by atoms with Gasteiger partial charge in [0, 0.05) is 5.75 Å². The summed E-state index contributed by atoms with van der Waals surface area (Å²) in [5, 5.41) is 21.9. The Morgan fingerprint density at radius 2 is 2.31 bits per heavy atom. The van der Waals surface area contributed by atoms with E-state index in [1.807, 2.05) is 0 Å². The molecule has 4 nitrogen and oxygen atoms in total. The lowest BCUT2D eigenvalue weighted by molar-refractivity contribution is 0.126. The molecular formula is C8H14N2O2S. The van der Waals surface area contributed by atoms with Gasteiger partial charge in [0.05, 0.1) is 25.3 Å². The second-order valence-electron chi connectivity index (χ2n) is 2.94. The van der Waals surface area contributed by atoms with E-state index in [-0.39, 0.29) is 13.2 Å². The first kappa shape index (κ1) is 10.6. The molecule has 0 spiro atoms. The molecule has 0 radical (unpaired) electrons. The minimum absolute atomic E-state index is 0.0798. The van der Waals surface area contributed by atoms with E-state index in [1.165, 1.54) is 11.8 Å². The van der Waals surface area contributed by atoms with Gasteiger partial charge in [0.25, 0.3) is 0 Å². The Balaban J connectivity index is 2.56. The molecule has 1 heterocycles. The molecule has 0 atom stereocenters. The Bertz CT molecular complexity index is 214. The minimum atomic E-state index is -0.593. The minimum Gasteiger partial charge on any atom is -0.394 e. The fourth-order valence-corrected chi connectivity index (χ4v) is 2.08. The fourth-order valence-electron chi connectivity index (χ4n) is 0.958. The number of nitrogens with one attached hydrogen (secondary N) is 1. The maximum Gasteiger partial charge on any atom is 0.157 e. The lowest BCUT2D eigenvalue weighted by Gasteiger charge is -2.22. The molecule has 0 unspecified atom stereocenters. The maximum absolute atomic E-state index is 9.05. The monoisotopic (exact) mass is 202 g/mol. The van der Waals surface area contributed by atoms with Gasteiger partial charge >= 0.3 is 0 Å². The van der Waals surface area contributed by atoms with Crippen LogP contribution >= 0.6 is 11.8 Å². The second kappa shape index (κ2) is 4.64. The van der Waals surface area contributed by atoms with Crippen molar-refractivity contribution < 1.29 is 10.2 Å². The van der Waals surface area contributed by atoms with Crippen molar-refractivity contribution in [3.8, 4) is 0 Å². The first-order chi connectivity index (χ1) is 6.26. The van der Waals surface area contributed by atoms with E-state index in [4.69, 9.17) is 10.2 Å². The van der Waals surface area contributed by atoms with Gasteiger partial charge in [-0.05, 0) is 0 Å². The molecule has 5 heteroatoms. The molecule has 1 fully saturated rings. The number of rotatable bonds is 4. The smallest absolute Gasteiger partial charge is 0.157 e. The van der Waals surface area contributed by atoms with Crippen LogP contribution in [0.4, 0.5) is 0 Å². The zero-order chi connectivity index (χ0) is 9.73. The largest absolute Gasteiger partial charge is 0.394 e. The van der Waals surface area contributed by atoms with E-state index in [9.17, 15) is 0 Å². The topological polar surface area (TPSA) is 64.9 Å². The van der Waals surface area contributed by atoms with Crippen LogP contribution in [0.5, 0.6) is 0 Å². The normalized spacial score (nSPS) is 23.1. The third kappa shape index (κ3) is 2.46. The van der Waals surface area contributed by atoms with E-state index in [0.29, 0.717) is 12.3 Å². The summed E-state index contributed by atoms with van der Waals surface area (Å²) in [4.78, 5) is 4.16. The average molecular weight is 202 g/mol. The number of hydrogen-bond acceptors (Lipinski definition) is 4. The predicted octanol–water partition coefficient (Wildman–Crippen LogP) is -0.412. The van der Waals surface area contributed by atoms with Crippen molar-refractivity contribution in [3.05, 3.63) is 12.7 Å². The molecule has 1 rings (SSSR count). The Labute approximate surface area is 81.8 Å². The van der Waals surface area contributed by atoms with Crippen LogP contribution in [0.3, 0.4) is 0 Å². The fraction of sp³-hybridized carbons (Fsp3) is 0.625. The molecule has 74 valence electrons. The van der Waals surface area contributed by atoms with Crippen molar-refractivity contribution in [3.63, 3.8) is 0 Å². The highest BCUT2D eigenvalue weighted by Crippen LogP contribution is 2.22. The van der Waals surface area contributed by atoms with Crippen LogP contribution < -0.4 is 5.32 Å². The van der Waals surface area contributed by atoms with E-state index in [0.717, 1.165) is 5.17 Å². The Morgan fingerprint density at radius 3 is 2.77 bits per heavy atom. The Kier molecular flexibility index (Phi) is 3.77. The zero-order valence-corrected chi connectivity index (χ0v) is 8.18. The summed E-state index contributed by atoms with van der Waals surface area (Å²) in [6.07, 6.45) is 1.70. The standard InChI is InChI=1S/C8H14N2O2S/c1-2-3-9-7-10-8(4-11,5-12)6-13-7/h2,11-12H,1,3-6H2,(H,9,10). The van der Waals surface area contributed by atoms with Crippen molar-refractivity contribution in [2.45, 2.75) is 5.54 Å². The van der Waals surface area contributed by atoms with Gasteiger partial charge in [-0.25, -0.2) is 0 Å². The van der Waals surface area contributed by atoms with Crippen molar-refractivity contribution in [2.24, 2.45) is 4.99 Å². The van der Waals surface area contributed by atoms with Crippen LogP contribution in [-0.4, -0.2) is 46.4 Å². The summed E-state index contributed by atoms with van der Waals surface area (Å²) in [5.74, 6) is 0.649. The van der Waals surface area contributed by atoms with E-state index in [2.05, 4.69) is 16.9 Å². The molecule has 13 heavy (non-hydrogen) atoms. The van der Waals surface area contributed by atoms with E-state index < -0.39 is 5.54 Å². The molecular weight excluding hydrogens is 188 g/mol. The van der Waals surface area contributed by atoms with Crippen LogP contribution in [0.1, 0.15) is 0 Å². The van der Waals surface area contributed by atoms with Gasteiger partial charge in [-0.3, -0.25) is 4.99 Å². The molecule has 0 aromatic heterocycles. The Morgan fingerprint density at radius 1 is 1.62 bits per heavy atom. The van der Waals surface area contributed by atoms with Crippen molar-refractivity contribution in [2.75, 3.05) is 25.5 Å². The molecule has 3 N–H and O–H groups in total. The first-order valence-corrected chi connectivity index (χ1v) is 5.03. The van der Waals surface area contributed by atoms with Gasteiger partial charge in [-0.1, -0.05) is 17.8 Å². The van der Waals surface area contributed by atoms with Gasteiger partial charge in [0.1, 0.15) is 0 Å². The van der Waals surface area contributed by atoms with Crippen LogP contribution in [-0.2, 0) is 0 Å². The van der Waals surface area contributed by atoms with Crippen LogP contribution in [0.2, 0.25) is 0 Å². The van der Waals surface area contributed by atoms with Crippen LogP contribution in [0, 0.1) is 0 Å². The van der Waals surface area contributed by atoms with Gasteiger partial charge in [0.15, 0.2) is 5.17 Å². The van der Waals surface area contributed by atoms with Crippen molar-refractivity contribution in [1.82, 2.24) is 5.32 Å². The summed E-state index contributed by atoms with van der Waals surface area (Å²) in [6.45, 7) is 3.95. The number of amidine groups is 1. The molecule has 1 saturated heterocycles. The third-order valence-corrected chi connectivity index (χ3v) is 3.03. The summed E-state index contributed by atoms with van der Waals surface area (Å²) >= 11 is 1.51. The number of hydrogen-bond donors (Lipinski definition) is 3. The third-order valence-electron chi connectivity index (χ3n) is 1.83. The van der Waals surface area contributed by atoms with Crippen LogP contribution in [0.15, 0.2) is 17.6 Å². The SMILES string of the molecule is C=CCN=C1NC(CO)(CO)CS1. The average Bonchev–Trinajstić information content (AvgIpc) is 2.59. The van der Waals surface area contributed by atoms with Gasteiger partial charge in [-0.2, -0.15) is 0 Å². The molecule has 0 aromatic rings. The number of thioether (sulfide) groups is 1. The highest BCUT2D eigenvalue weighted by Gasteiger charge is 2.35. The van der Waals surface area contributed by atoms with Gasteiger partial charge in [-0.15, -0.1) is 6.58 Å². The number of aliphatic imine (C=N–C) groups is 1. The highest BCUT2D eigenvalue weighted by atomic mass is 32.2. The zero-order valence-electron chi connectivity index (χ0n) is 7.36. The van der Waals surface area contributed by atoms with Crippen LogP contribution in [0.25, 0.3) is 0 Å². The van der Waals surface area contributed by atoms with Crippen molar-refractivity contribution in [1.29, 1.82) is 0 Å². The highest BCUT2D eigenvalue weighted by molar-refractivity contribution is 8.14. The molecule has 0 aliphatic carbocycles. The van der Waals surface area contributed by atoms with Gasteiger partial charge < -0.3 is 15.5 Å². The first-order valence-electron chi connectivity index (χ1n) is 4.04. The second-order valence-corrected chi connectivity index (χ2v) is 3.91. The molecule has 0 aromatic carbocycles. The molecule has 0 saturated carbocycles. The number of nitrogens with zero attached hydrogens (tertiary/aromatic N) is 1. The van der Waals surface area contributed by atoms with E-state index >= 15 is 0 Å². The molecule has 1 aliphatic heterocycles. The molecule has 0 bridgehead atoms. The summed E-state index contributed by atoms with van der Waals surface area (Å²) in [5.41, 5.74) is -0.593. The quantitative estimate of drug-likeness (QED) is 0.542. The van der Waals surface area contributed by atoms with Crippen molar-refractivity contribution >= 4 is 16.9 Å². The summed E-state index contributed by atoms with van der Waals surface area (Å²) in [6, 6.07) is 0. The lowest BCUT2D eigenvalue weighted by Crippen LogP contribution is -2.50. The molecule has 1 aliphatic rings. The number of aliphatic hydroxyl groups is 2. The predicted molar refractivity (Wildman–Crippen MR) is 55.0 cm³/mol. The lowest BCUT2D eigenvalue weighted by atomic mass is 10.1. The number of aliphatic hydroxyl groups excluding tert-OH is 2. The van der Waals surface area contributed by atoms with E-state index in [1.54, 1.807) is 6.08 Å². The summed E-state index contributed by atoms with van der Waals surface area (Å²) < 4.78 is 0. The summed E-state index contributed by atoms with van der Waals surface area (Å²) in [7, 11) is 0. The Hall–Kier alpha value is -0.520.